The van der Waals surface area contributed by atoms with Crippen molar-refractivity contribution < 1.29 is 14.3 Å². The second-order valence-electron chi connectivity index (χ2n) is 4.20. The number of primary amides is 1. The zero-order valence-corrected chi connectivity index (χ0v) is 10.6. The maximum absolute atomic E-state index is 11.6. The number of benzene rings is 1. The van der Waals surface area contributed by atoms with Gasteiger partial charge in [0.15, 0.2) is 0 Å². The standard InChI is InChI=1S/C13H18N2O3/c1-9(2)13(17)15-10-5-3-4-6-11(10)18-8-7-12(14)16/h3-6,9H,7-8H2,1-2H3,(H2,14,16)(H,15,17). The Morgan fingerprint density at radius 2 is 2.00 bits per heavy atom. The summed E-state index contributed by atoms with van der Waals surface area (Å²) < 4.78 is 5.41. The van der Waals surface area contributed by atoms with E-state index in [1.54, 1.807) is 24.3 Å². The third-order valence-electron chi connectivity index (χ3n) is 2.28. The molecule has 0 aliphatic carbocycles. The molecule has 1 rings (SSSR count). The third-order valence-corrected chi connectivity index (χ3v) is 2.28. The van der Waals surface area contributed by atoms with E-state index in [1.165, 1.54) is 0 Å². The van der Waals surface area contributed by atoms with E-state index in [-0.39, 0.29) is 24.9 Å². The second kappa shape index (κ2) is 6.64. The summed E-state index contributed by atoms with van der Waals surface area (Å²) in [6.45, 7) is 3.82. The molecule has 1 aromatic carbocycles. The highest BCUT2D eigenvalue weighted by Crippen LogP contribution is 2.24. The fourth-order valence-corrected chi connectivity index (χ4v) is 1.23. The number of carbonyl (C=O) groups is 2. The molecule has 0 aliphatic rings. The summed E-state index contributed by atoms with van der Waals surface area (Å²) >= 11 is 0. The van der Waals surface area contributed by atoms with Crippen LogP contribution in [0.2, 0.25) is 0 Å². The molecule has 0 saturated carbocycles. The molecule has 0 saturated heterocycles. The predicted octanol–water partition coefficient (Wildman–Crippen LogP) is 1.54. The molecule has 2 amide bonds. The lowest BCUT2D eigenvalue weighted by Crippen LogP contribution is -2.19. The van der Waals surface area contributed by atoms with Crippen molar-refractivity contribution in [3.63, 3.8) is 0 Å². The lowest BCUT2D eigenvalue weighted by molar-refractivity contribution is -0.119. The molecule has 0 atom stereocenters. The monoisotopic (exact) mass is 250 g/mol. The molecule has 18 heavy (non-hydrogen) atoms. The zero-order valence-electron chi connectivity index (χ0n) is 10.6. The van der Waals surface area contributed by atoms with Gasteiger partial charge in [0.2, 0.25) is 11.8 Å². The van der Waals surface area contributed by atoms with Gasteiger partial charge >= 0.3 is 0 Å². The van der Waals surface area contributed by atoms with Gasteiger partial charge in [0, 0.05) is 5.92 Å². The molecule has 0 unspecified atom stereocenters. The van der Waals surface area contributed by atoms with E-state index in [1.807, 2.05) is 13.8 Å². The first-order chi connectivity index (χ1) is 8.50. The number of hydrogen-bond acceptors (Lipinski definition) is 3. The van der Waals surface area contributed by atoms with Gasteiger partial charge in [0.05, 0.1) is 18.7 Å². The molecule has 5 heteroatoms. The van der Waals surface area contributed by atoms with E-state index in [0.717, 1.165) is 0 Å². The molecular weight excluding hydrogens is 232 g/mol. The summed E-state index contributed by atoms with van der Waals surface area (Å²) in [4.78, 5) is 22.2. The van der Waals surface area contributed by atoms with Crippen molar-refractivity contribution in [1.82, 2.24) is 0 Å². The molecule has 3 N–H and O–H groups in total. The summed E-state index contributed by atoms with van der Waals surface area (Å²) in [6, 6.07) is 7.08. The number of rotatable bonds is 6. The lowest BCUT2D eigenvalue weighted by Gasteiger charge is -2.13. The number of hydrogen-bond donors (Lipinski definition) is 2. The Labute approximate surface area is 106 Å². The summed E-state index contributed by atoms with van der Waals surface area (Å²) in [7, 11) is 0. The summed E-state index contributed by atoms with van der Waals surface area (Å²) in [5.41, 5.74) is 5.62. The lowest BCUT2D eigenvalue weighted by atomic mass is 10.2. The van der Waals surface area contributed by atoms with E-state index in [4.69, 9.17) is 10.5 Å². The topological polar surface area (TPSA) is 81.4 Å². The van der Waals surface area contributed by atoms with Gasteiger partial charge in [-0.3, -0.25) is 9.59 Å². The van der Waals surface area contributed by atoms with Gasteiger partial charge in [-0.25, -0.2) is 0 Å². The first-order valence-electron chi connectivity index (χ1n) is 5.81. The minimum Gasteiger partial charge on any atom is -0.491 e. The molecule has 0 fully saturated rings. The maximum atomic E-state index is 11.6. The fraction of sp³-hybridized carbons (Fsp3) is 0.385. The predicted molar refractivity (Wildman–Crippen MR) is 69.2 cm³/mol. The summed E-state index contributed by atoms with van der Waals surface area (Å²) in [6.07, 6.45) is 0.145. The number of ether oxygens (including phenoxy) is 1. The second-order valence-corrected chi connectivity index (χ2v) is 4.20. The van der Waals surface area contributed by atoms with Crippen LogP contribution < -0.4 is 15.8 Å². The minimum absolute atomic E-state index is 0.0825. The summed E-state index contributed by atoms with van der Waals surface area (Å²) in [5, 5.41) is 2.77. The molecule has 98 valence electrons. The quantitative estimate of drug-likeness (QED) is 0.803. The SMILES string of the molecule is CC(C)C(=O)Nc1ccccc1OCCC(N)=O. The van der Waals surface area contributed by atoms with Crippen molar-refractivity contribution in [2.45, 2.75) is 20.3 Å². The van der Waals surface area contributed by atoms with Crippen LogP contribution in [0, 0.1) is 5.92 Å². The Balaban J connectivity index is 2.67. The van der Waals surface area contributed by atoms with E-state index in [2.05, 4.69) is 5.32 Å². The fourth-order valence-electron chi connectivity index (χ4n) is 1.23. The number of amides is 2. The number of anilines is 1. The Bertz CT molecular complexity index is 430. The molecular formula is C13H18N2O3. The van der Waals surface area contributed by atoms with Gasteiger partial charge in [-0.15, -0.1) is 0 Å². The van der Waals surface area contributed by atoms with Crippen LogP contribution in [0.1, 0.15) is 20.3 Å². The van der Waals surface area contributed by atoms with Crippen molar-refractivity contribution in [3.8, 4) is 5.75 Å². The van der Waals surface area contributed by atoms with Gasteiger partial charge < -0.3 is 15.8 Å². The number of carbonyl (C=O) groups excluding carboxylic acids is 2. The van der Waals surface area contributed by atoms with Crippen LogP contribution >= 0.6 is 0 Å². The Kier molecular flexibility index (Phi) is 5.17. The third kappa shape index (κ3) is 4.45. The van der Waals surface area contributed by atoms with Crippen LogP contribution in [0.5, 0.6) is 5.75 Å². The van der Waals surface area contributed by atoms with Crippen LogP contribution in [0.4, 0.5) is 5.69 Å². The molecule has 0 bridgehead atoms. The van der Waals surface area contributed by atoms with E-state index in [9.17, 15) is 9.59 Å². The highest BCUT2D eigenvalue weighted by molar-refractivity contribution is 5.93. The van der Waals surface area contributed by atoms with Gasteiger partial charge in [0.25, 0.3) is 0 Å². The van der Waals surface area contributed by atoms with Gasteiger partial charge in [-0.2, -0.15) is 0 Å². The van der Waals surface area contributed by atoms with Crippen LogP contribution in [0.25, 0.3) is 0 Å². The van der Waals surface area contributed by atoms with E-state index < -0.39 is 5.91 Å². The van der Waals surface area contributed by atoms with Crippen LogP contribution in [0.3, 0.4) is 0 Å². The van der Waals surface area contributed by atoms with Crippen LogP contribution in [0.15, 0.2) is 24.3 Å². The van der Waals surface area contributed by atoms with Crippen molar-refractivity contribution in [2.75, 3.05) is 11.9 Å². The first kappa shape index (κ1) is 14.0. The Morgan fingerprint density at radius 1 is 1.33 bits per heavy atom. The number of para-hydroxylation sites is 2. The highest BCUT2D eigenvalue weighted by Gasteiger charge is 2.10. The van der Waals surface area contributed by atoms with Crippen molar-refractivity contribution in [2.24, 2.45) is 11.7 Å². The molecule has 5 nitrogen and oxygen atoms in total. The Morgan fingerprint density at radius 3 is 2.61 bits per heavy atom. The van der Waals surface area contributed by atoms with E-state index >= 15 is 0 Å². The molecule has 0 aromatic heterocycles. The molecule has 0 radical (unpaired) electrons. The van der Waals surface area contributed by atoms with Crippen LogP contribution in [-0.2, 0) is 9.59 Å². The van der Waals surface area contributed by atoms with Gasteiger partial charge in [0.1, 0.15) is 5.75 Å². The molecule has 1 aromatic rings. The van der Waals surface area contributed by atoms with Crippen LogP contribution in [-0.4, -0.2) is 18.4 Å². The largest absolute Gasteiger partial charge is 0.491 e. The van der Waals surface area contributed by atoms with Gasteiger partial charge in [-0.05, 0) is 12.1 Å². The van der Waals surface area contributed by atoms with Crippen molar-refractivity contribution in [3.05, 3.63) is 24.3 Å². The normalized spacial score (nSPS) is 10.2. The Hall–Kier alpha value is -2.04. The molecule has 0 heterocycles. The average molecular weight is 250 g/mol. The summed E-state index contributed by atoms with van der Waals surface area (Å²) in [5.74, 6) is -0.0731. The number of nitrogens with one attached hydrogen (secondary N) is 1. The van der Waals surface area contributed by atoms with E-state index in [0.29, 0.717) is 11.4 Å². The van der Waals surface area contributed by atoms with Gasteiger partial charge in [-0.1, -0.05) is 26.0 Å². The number of nitrogens with two attached hydrogens (primary N) is 1. The van der Waals surface area contributed by atoms with Crippen molar-refractivity contribution in [1.29, 1.82) is 0 Å². The zero-order chi connectivity index (χ0) is 13.5. The molecule has 0 spiro atoms. The van der Waals surface area contributed by atoms with Crippen molar-refractivity contribution >= 4 is 17.5 Å². The first-order valence-corrected chi connectivity index (χ1v) is 5.81. The maximum Gasteiger partial charge on any atom is 0.227 e. The average Bonchev–Trinajstić information content (AvgIpc) is 2.30. The highest BCUT2D eigenvalue weighted by atomic mass is 16.5. The molecule has 0 aliphatic heterocycles. The smallest absolute Gasteiger partial charge is 0.227 e. The minimum atomic E-state index is -0.418.